The number of para-hydroxylation sites is 1. The number of nitrogens with two attached hydrogens (primary N) is 1. The molecule has 6 rings (SSSR count). The summed E-state index contributed by atoms with van der Waals surface area (Å²) < 4.78 is 56.2. The average Bonchev–Trinajstić information content (AvgIpc) is 4.11. The summed E-state index contributed by atoms with van der Waals surface area (Å²) in [7, 11) is 4.93. The van der Waals surface area contributed by atoms with Gasteiger partial charge in [0.1, 0.15) is 35.4 Å². The number of imidazole rings is 1. The van der Waals surface area contributed by atoms with Crippen molar-refractivity contribution in [3.8, 4) is 47.1 Å². The molecule has 2 N–H and O–H groups in total. The van der Waals surface area contributed by atoms with E-state index >= 15 is 0 Å². The van der Waals surface area contributed by atoms with Crippen LogP contribution < -0.4 is 15.2 Å². The molecule has 1 fully saturated rings. The minimum absolute atomic E-state index is 0.00605. The highest BCUT2D eigenvalue weighted by Crippen LogP contribution is 2.51. The van der Waals surface area contributed by atoms with Gasteiger partial charge in [0.15, 0.2) is 24.4 Å². The molecule has 79 heavy (non-hydrogen) atoms. The highest BCUT2D eigenvalue weighted by Gasteiger charge is 2.52. The number of carbonyl (C=O) groups is 1. The first-order chi connectivity index (χ1) is 38.3. The highest BCUT2D eigenvalue weighted by atomic mass is 31.2. The van der Waals surface area contributed by atoms with E-state index in [-0.39, 0.29) is 44.5 Å². The summed E-state index contributed by atoms with van der Waals surface area (Å²) in [4.78, 5) is 27.2. The number of aryl methyl sites for hydroxylation is 1. The molecule has 418 valence electrons. The Hall–Kier alpha value is -7.16. The van der Waals surface area contributed by atoms with E-state index in [9.17, 15) is 4.79 Å². The Labute approximate surface area is 469 Å². The van der Waals surface area contributed by atoms with Crippen molar-refractivity contribution in [3.63, 3.8) is 0 Å². The lowest BCUT2D eigenvalue weighted by molar-refractivity contribution is -0.135. The molecule has 0 saturated carbocycles. The van der Waals surface area contributed by atoms with E-state index in [0.717, 1.165) is 16.7 Å². The Bertz CT molecular complexity index is 2920. The number of amides is 1. The van der Waals surface area contributed by atoms with E-state index in [1.165, 1.54) is 0 Å². The fourth-order valence-corrected chi connectivity index (χ4v) is 11.0. The molecule has 0 spiro atoms. The Morgan fingerprint density at radius 2 is 1.56 bits per heavy atom. The van der Waals surface area contributed by atoms with Gasteiger partial charge in [0, 0.05) is 51.3 Å². The molecule has 5 aromatic rings. The number of aliphatic imine (C=N–C) groups is 1. The number of allylic oxidation sites excluding steroid dienone is 2. The quantitative estimate of drug-likeness (QED) is 0.00776. The highest BCUT2D eigenvalue weighted by molar-refractivity contribution is 7.44. The zero-order chi connectivity index (χ0) is 56.7. The normalized spacial score (nSPS) is 17.7. The molecule has 1 saturated heterocycles. The van der Waals surface area contributed by atoms with Crippen molar-refractivity contribution in [1.29, 1.82) is 0 Å². The van der Waals surface area contributed by atoms with E-state index < -0.39 is 44.6 Å². The van der Waals surface area contributed by atoms with Crippen LogP contribution in [0.4, 0.5) is 5.82 Å². The predicted molar refractivity (Wildman–Crippen MR) is 309 cm³/mol. The third-order valence-electron chi connectivity index (χ3n) is 13.0. The smallest absolute Gasteiger partial charge is 0.262 e. The fraction of sp³-hybridized carbons (Fsp3) is 0.403. The Kier molecular flexibility index (Phi) is 23.8. The number of methoxy groups -OCH3 is 3. The molecule has 16 nitrogen and oxygen atoms in total. The van der Waals surface area contributed by atoms with Gasteiger partial charge in [-0.1, -0.05) is 115 Å². The zero-order valence-corrected chi connectivity index (χ0v) is 48.3. The van der Waals surface area contributed by atoms with E-state index in [1.54, 1.807) is 51.9 Å². The van der Waals surface area contributed by atoms with Gasteiger partial charge in [-0.25, -0.2) is 14.6 Å². The van der Waals surface area contributed by atoms with Crippen LogP contribution in [0, 0.1) is 48.5 Å². The minimum Gasteiger partial charge on any atom is -0.497 e. The summed E-state index contributed by atoms with van der Waals surface area (Å²) in [6, 6.07) is 39.5. The molecular formula is C62H76N7O9P. The van der Waals surface area contributed by atoms with Crippen molar-refractivity contribution in [3.05, 3.63) is 156 Å². The van der Waals surface area contributed by atoms with Crippen molar-refractivity contribution in [2.24, 2.45) is 16.6 Å². The molecule has 17 heteroatoms. The number of rotatable bonds is 27. The van der Waals surface area contributed by atoms with Gasteiger partial charge in [0.05, 0.1) is 58.4 Å². The second-order valence-electron chi connectivity index (χ2n) is 19.2. The van der Waals surface area contributed by atoms with Crippen molar-refractivity contribution in [1.82, 2.24) is 24.0 Å². The minimum atomic E-state index is -1.77. The molecular weight excluding hydrogens is 1020 g/mol. The van der Waals surface area contributed by atoms with E-state index in [2.05, 4.69) is 68.0 Å². The van der Waals surface area contributed by atoms with Gasteiger partial charge in [-0.05, 0) is 95.3 Å². The van der Waals surface area contributed by atoms with Crippen LogP contribution in [-0.4, -0.2) is 122 Å². The van der Waals surface area contributed by atoms with E-state index in [4.69, 9.17) is 53.2 Å². The monoisotopic (exact) mass is 1090 g/mol. The van der Waals surface area contributed by atoms with E-state index in [0.29, 0.717) is 41.7 Å². The van der Waals surface area contributed by atoms with Crippen LogP contribution >= 0.6 is 8.53 Å². The van der Waals surface area contributed by atoms with Crippen LogP contribution in [0.25, 0.3) is 0 Å². The number of ether oxygens (including phenoxy) is 6. The third kappa shape index (κ3) is 16.5. The SMILES string of the molecule is CC#C/C(=C\C#CC(C)C(OC[C@H]1O[C@@H](n2cnc(C)c2N=CN(C)CN(Cc2ccccc2)C(=O)COc2ccccc2)C(OC)C1OP(OCCC#CN)N(C(C)C)C(C)C)(c1ccccc1)c1ccc(OC)cc1)OC. The number of benzene rings is 4. The maximum atomic E-state index is 13.8. The number of nitrogens with zero attached hydrogens (tertiary/aromatic N) is 6. The number of hydrogen-bond acceptors (Lipinski definition) is 13. The molecule has 4 aromatic carbocycles. The van der Waals surface area contributed by atoms with Crippen LogP contribution in [0.5, 0.6) is 11.5 Å². The molecule has 0 bridgehead atoms. The van der Waals surface area contributed by atoms with Gasteiger partial charge in [0.2, 0.25) is 0 Å². The lowest BCUT2D eigenvalue weighted by atomic mass is 9.76. The van der Waals surface area contributed by atoms with Crippen LogP contribution in [0.2, 0.25) is 0 Å². The van der Waals surface area contributed by atoms with Gasteiger partial charge in [-0.15, -0.1) is 0 Å². The zero-order valence-electron chi connectivity index (χ0n) is 47.4. The molecule has 1 aliphatic heterocycles. The Morgan fingerprint density at radius 1 is 0.899 bits per heavy atom. The van der Waals surface area contributed by atoms with Crippen LogP contribution in [0.15, 0.2) is 138 Å². The topological polar surface area (TPSA) is 157 Å². The number of aromatic nitrogens is 2. The van der Waals surface area contributed by atoms with Gasteiger partial charge in [-0.3, -0.25) is 9.36 Å². The largest absolute Gasteiger partial charge is 0.497 e. The molecule has 5 unspecified atom stereocenters. The van der Waals surface area contributed by atoms with Crippen LogP contribution in [0.1, 0.15) is 76.6 Å². The lowest BCUT2D eigenvalue weighted by Gasteiger charge is -2.40. The fourth-order valence-electron chi connectivity index (χ4n) is 9.25. The first-order valence-corrected chi connectivity index (χ1v) is 27.4. The lowest BCUT2D eigenvalue weighted by Crippen LogP contribution is -2.44. The summed E-state index contributed by atoms with van der Waals surface area (Å²) >= 11 is 0. The third-order valence-corrected chi connectivity index (χ3v) is 15.1. The van der Waals surface area contributed by atoms with Crippen LogP contribution in [-0.2, 0) is 44.9 Å². The molecule has 7 atom stereocenters. The molecule has 2 heterocycles. The molecule has 1 amide bonds. The van der Waals surface area contributed by atoms with Crippen molar-refractivity contribution in [2.75, 3.05) is 54.9 Å². The van der Waals surface area contributed by atoms with Crippen LogP contribution in [0.3, 0.4) is 0 Å². The molecule has 1 aliphatic rings. The Balaban J connectivity index is 1.41. The van der Waals surface area contributed by atoms with E-state index in [1.807, 2.05) is 146 Å². The maximum absolute atomic E-state index is 13.8. The molecule has 0 aliphatic carbocycles. The standard InChI is InChI=1S/C62H76N7O9P/c1-12-25-53(71-9)33-24-26-48(6)62(51-29-18-14-19-30-51,52-34-36-54(72-10)37-35-52)75-41-56-58(78-79(76-39-23-22-38-63)69(46(2)3)47(4)5)59(73-11)61(77-56)68-44-64-49(7)60(68)65-43-66(8)45-67(40-50-27-16-13-17-28-50)57(70)42-74-55-31-20-15-21-32-55/h13-21,27-37,43-44,46-48,56,58-59,61H,23,39-42,45,63H2,1-11H3/b53-33+,65-43?/t48?,56-,58?,59?,61-,62?,79?/m1/s1. The summed E-state index contributed by atoms with van der Waals surface area (Å²) in [5, 5.41) is 0. The Morgan fingerprint density at radius 3 is 2.18 bits per heavy atom. The first kappa shape index (κ1) is 61.1. The van der Waals surface area contributed by atoms with Crippen molar-refractivity contribution < 1.29 is 42.3 Å². The summed E-state index contributed by atoms with van der Waals surface area (Å²) in [6.07, 6.45) is 2.29. The maximum Gasteiger partial charge on any atom is 0.262 e. The van der Waals surface area contributed by atoms with Gasteiger partial charge >= 0.3 is 0 Å². The van der Waals surface area contributed by atoms with Gasteiger partial charge in [0.25, 0.3) is 14.4 Å². The second kappa shape index (κ2) is 30.8. The summed E-state index contributed by atoms with van der Waals surface area (Å²) in [6.45, 7) is 14.8. The van der Waals surface area contributed by atoms with Crippen molar-refractivity contribution >= 4 is 26.6 Å². The van der Waals surface area contributed by atoms with Crippen molar-refractivity contribution in [2.45, 2.75) is 104 Å². The second-order valence-corrected chi connectivity index (χ2v) is 20.6. The predicted octanol–water partition coefficient (Wildman–Crippen LogP) is 9.98. The summed E-state index contributed by atoms with van der Waals surface area (Å²) in [5.41, 5.74) is 7.69. The number of hydrogen-bond donors (Lipinski definition) is 1. The van der Waals surface area contributed by atoms with Gasteiger partial charge in [-0.2, -0.15) is 0 Å². The first-order valence-electron chi connectivity index (χ1n) is 26.3. The summed E-state index contributed by atoms with van der Waals surface area (Å²) in [5.74, 6) is 17.0. The molecule has 1 aromatic heterocycles. The average molecular weight is 1090 g/mol. The van der Waals surface area contributed by atoms with Gasteiger partial charge < -0.3 is 53.0 Å². The number of carbonyl (C=O) groups excluding carboxylic acids is 1. The molecule has 0 radical (unpaired) electrons.